The molecule has 1 fully saturated rings. The van der Waals surface area contributed by atoms with Gasteiger partial charge in [-0.15, -0.1) is 0 Å². The number of amides is 1. The summed E-state index contributed by atoms with van der Waals surface area (Å²) < 4.78 is 11.2. The summed E-state index contributed by atoms with van der Waals surface area (Å²) in [6.45, 7) is 2.87. The maximum Gasteiger partial charge on any atom is 0.274 e. The van der Waals surface area contributed by atoms with Gasteiger partial charge in [0.2, 0.25) is 0 Å². The van der Waals surface area contributed by atoms with E-state index in [9.17, 15) is 14.9 Å². The molecular weight excluding hydrogens is 336 g/mol. The third-order valence-electron chi connectivity index (χ3n) is 4.22. The first-order valence-electron chi connectivity index (χ1n) is 8.44. The first kappa shape index (κ1) is 17.9. The molecule has 0 bridgehead atoms. The van der Waals surface area contributed by atoms with Crippen molar-refractivity contribution in [1.82, 2.24) is 0 Å². The van der Waals surface area contributed by atoms with Crippen LogP contribution in [0.1, 0.15) is 28.8 Å². The van der Waals surface area contributed by atoms with E-state index in [1.54, 1.807) is 43.3 Å². The number of nitrogens with one attached hydrogen (secondary N) is 1. The minimum absolute atomic E-state index is 0.0311. The van der Waals surface area contributed by atoms with Gasteiger partial charge in [0.1, 0.15) is 12.4 Å². The number of hydrogen-bond donors (Lipinski definition) is 1. The zero-order chi connectivity index (χ0) is 18.5. The molecule has 0 aromatic heterocycles. The summed E-state index contributed by atoms with van der Waals surface area (Å²) in [6, 6.07) is 11.4. The number of carbonyl (C=O) groups is 1. The number of anilines is 1. The lowest BCUT2D eigenvalue weighted by Gasteiger charge is -2.12. The summed E-state index contributed by atoms with van der Waals surface area (Å²) >= 11 is 0. The van der Waals surface area contributed by atoms with Gasteiger partial charge < -0.3 is 14.8 Å². The van der Waals surface area contributed by atoms with Crippen molar-refractivity contribution >= 4 is 17.3 Å². The Morgan fingerprint density at radius 1 is 1.35 bits per heavy atom. The predicted octanol–water partition coefficient (Wildman–Crippen LogP) is 3.71. The van der Waals surface area contributed by atoms with Crippen LogP contribution in [0.2, 0.25) is 0 Å². The van der Waals surface area contributed by atoms with Gasteiger partial charge in [0.25, 0.3) is 11.6 Å². The number of nitrogens with zero attached hydrogens (tertiary/aromatic N) is 1. The number of hydrogen-bond acceptors (Lipinski definition) is 5. The molecule has 0 aliphatic carbocycles. The van der Waals surface area contributed by atoms with Crippen molar-refractivity contribution in [2.45, 2.75) is 25.9 Å². The lowest BCUT2D eigenvalue weighted by Crippen LogP contribution is -2.17. The van der Waals surface area contributed by atoms with Crippen molar-refractivity contribution < 1.29 is 19.2 Å². The Kier molecular flexibility index (Phi) is 5.48. The molecule has 0 saturated carbocycles. The molecule has 26 heavy (non-hydrogen) atoms. The molecule has 1 aliphatic heterocycles. The van der Waals surface area contributed by atoms with Gasteiger partial charge in [-0.2, -0.15) is 0 Å². The fraction of sp³-hybridized carbons (Fsp3) is 0.316. The summed E-state index contributed by atoms with van der Waals surface area (Å²) in [5.74, 6) is 0.230. The predicted molar refractivity (Wildman–Crippen MR) is 96.7 cm³/mol. The Morgan fingerprint density at radius 2 is 2.19 bits per heavy atom. The molecule has 136 valence electrons. The number of nitro groups is 1. The molecule has 3 rings (SSSR count). The van der Waals surface area contributed by atoms with E-state index in [2.05, 4.69) is 5.32 Å². The van der Waals surface area contributed by atoms with E-state index < -0.39 is 4.92 Å². The van der Waals surface area contributed by atoms with E-state index in [-0.39, 0.29) is 17.7 Å². The average Bonchev–Trinajstić information content (AvgIpc) is 3.15. The lowest BCUT2D eigenvalue weighted by atomic mass is 10.1. The van der Waals surface area contributed by atoms with Crippen LogP contribution in [0.4, 0.5) is 11.4 Å². The highest BCUT2D eigenvalue weighted by atomic mass is 16.6. The molecule has 1 saturated heterocycles. The Labute approximate surface area is 151 Å². The number of carbonyl (C=O) groups excluding carboxylic acids is 1. The van der Waals surface area contributed by atoms with Gasteiger partial charge in [-0.25, -0.2) is 0 Å². The van der Waals surface area contributed by atoms with Crippen LogP contribution in [0.5, 0.6) is 5.75 Å². The largest absolute Gasteiger partial charge is 0.491 e. The second-order valence-corrected chi connectivity index (χ2v) is 6.19. The average molecular weight is 356 g/mol. The highest BCUT2D eigenvalue weighted by molar-refractivity contribution is 6.04. The van der Waals surface area contributed by atoms with E-state index in [4.69, 9.17) is 9.47 Å². The second kappa shape index (κ2) is 7.97. The van der Waals surface area contributed by atoms with E-state index in [0.717, 1.165) is 19.4 Å². The molecular formula is C19H20N2O5. The summed E-state index contributed by atoms with van der Waals surface area (Å²) in [5.41, 5.74) is 1.30. The number of benzene rings is 2. The topological polar surface area (TPSA) is 90.7 Å². The van der Waals surface area contributed by atoms with Gasteiger partial charge in [-0.05, 0) is 44.0 Å². The monoisotopic (exact) mass is 356 g/mol. The molecule has 0 spiro atoms. The van der Waals surface area contributed by atoms with Gasteiger partial charge in [0.05, 0.1) is 11.0 Å². The first-order valence-corrected chi connectivity index (χ1v) is 8.44. The smallest absolute Gasteiger partial charge is 0.274 e. The fourth-order valence-corrected chi connectivity index (χ4v) is 2.78. The molecule has 1 N–H and O–H groups in total. The third-order valence-corrected chi connectivity index (χ3v) is 4.22. The van der Waals surface area contributed by atoms with Crippen LogP contribution in [-0.2, 0) is 4.74 Å². The van der Waals surface area contributed by atoms with Gasteiger partial charge in [0, 0.05) is 29.5 Å². The van der Waals surface area contributed by atoms with Crippen LogP contribution in [0.15, 0.2) is 42.5 Å². The number of aryl methyl sites for hydroxylation is 1. The van der Waals surface area contributed by atoms with Crippen LogP contribution in [-0.4, -0.2) is 30.1 Å². The number of nitro benzene ring substituents is 1. The molecule has 1 atom stereocenters. The van der Waals surface area contributed by atoms with Crippen molar-refractivity contribution in [3.05, 3.63) is 63.7 Å². The third kappa shape index (κ3) is 4.37. The van der Waals surface area contributed by atoms with E-state index in [1.807, 2.05) is 0 Å². The maximum atomic E-state index is 12.4. The first-order chi connectivity index (χ1) is 12.5. The highest BCUT2D eigenvalue weighted by Gasteiger charge is 2.17. The molecule has 7 nitrogen and oxygen atoms in total. The van der Waals surface area contributed by atoms with Gasteiger partial charge in [0.15, 0.2) is 0 Å². The zero-order valence-electron chi connectivity index (χ0n) is 14.4. The van der Waals surface area contributed by atoms with Crippen molar-refractivity contribution in [2.24, 2.45) is 0 Å². The quantitative estimate of drug-likeness (QED) is 0.629. The Morgan fingerprint density at radius 3 is 2.92 bits per heavy atom. The SMILES string of the molecule is Cc1ccc(NC(=O)c2cccc(OC[C@@H]3CCCO3)c2)cc1[N+](=O)[O-]. The molecule has 1 heterocycles. The molecule has 2 aromatic carbocycles. The minimum Gasteiger partial charge on any atom is -0.491 e. The fourth-order valence-electron chi connectivity index (χ4n) is 2.78. The Bertz CT molecular complexity index is 815. The van der Waals surface area contributed by atoms with Crippen LogP contribution in [0.3, 0.4) is 0 Å². The molecule has 2 aromatic rings. The summed E-state index contributed by atoms with van der Waals surface area (Å²) in [5, 5.41) is 13.7. The van der Waals surface area contributed by atoms with E-state index >= 15 is 0 Å². The van der Waals surface area contributed by atoms with Crippen LogP contribution in [0.25, 0.3) is 0 Å². The van der Waals surface area contributed by atoms with Crippen molar-refractivity contribution in [1.29, 1.82) is 0 Å². The van der Waals surface area contributed by atoms with Crippen molar-refractivity contribution in [3.63, 3.8) is 0 Å². The summed E-state index contributed by atoms with van der Waals surface area (Å²) in [4.78, 5) is 23.0. The van der Waals surface area contributed by atoms with E-state index in [0.29, 0.717) is 29.2 Å². The summed E-state index contributed by atoms with van der Waals surface area (Å²) in [7, 11) is 0. The Hall–Kier alpha value is -2.93. The van der Waals surface area contributed by atoms with Crippen LogP contribution < -0.4 is 10.1 Å². The molecule has 0 unspecified atom stereocenters. The van der Waals surface area contributed by atoms with E-state index in [1.165, 1.54) is 6.07 Å². The van der Waals surface area contributed by atoms with Crippen LogP contribution >= 0.6 is 0 Å². The van der Waals surface area contributed by atoms with Crippen molar-refractivity contribution in [3.8, 4) is 5.75 Å². The number of ether oxygens (including phenoxy) is 2. The van der Waals surface area contributed by atoms with Crippen molar-refractivity contribution in [2.75, 3.05) is 18.5 Å². The highest BCUT2D eigenvalue weighted by Crippen LogP contribution is 2.23. The molecule has 1 amide bonds. The Balaban J connectivity index is 1.67. The molecule has 7 heteroatoms. The van der Waals surface area contributed by atoms with Gasteiger partial charge in [-0.1, -0.05) is 12.1 Å². The van der Waals surface area contributed by atoms with Gasteiger partial charge >= 0.3 is 0 Å². The lowest BCUT2D eigenvalue weighted by molar-refractivity contribution is -0.385. The molecule has 1 aliphatic rings. The van der Waals surface area contributed by atoms with Gasteiger partial charge in [-0.3, -0.25) is 14.9 Å². The summed E-state index contributed by atoms with van der Waals surface area (Å²) in [6.07, 6.45) is 2.12. The standard InChI is InChI=1S/C19H20N2O5/c1-13-7-8-15(11-18(13)21(23)24)20-19(22)14-4-2-5-16(10-14)26-12-17-6-3-9-25-17/h2,4-5,7-8,10-11,17H,3,6,9,12H2,1H3,(H,20,22)/t17-/m0/s1. The van der Waals surface area contributed by atoms with Crippen LogP contribution in [0, 0.1) is 17.0 Å². The zero-order valence-corrected chi connectivity index (χ0v) is 14.4. The normalized spacial score (nSPS) is 16.3. The second-order valence-electron chi connectivity index (χ2n) is 6.19. The maximum absolute atomic E-state index is 12.4. The molecule has 0 radical (unpaired) electrons. The number of rotatable bonds is 6. The minimum atomic E-state index is -0.468.